The first kappa shape index (κ1) is 15.6. The molecule has 2 rings (SSSR count). The van der Waals surface area contributed by atoms with E-state index in [1.807, 2.05) is 6.92 Å². The Bertz CT molecular complexity index is 781. The van der Waals surface area contributed by atoms with Gasteiger partial charge < -0.3 is 5.73 Å². The molecule has 0 bridgehead atoms. The van der Waals surface area contributed by atoms with Gasteiger partial charge in [-0.2, -0.15) is 5.10 Å². The minimum Gasteiger partial charge on any atom is -0.389 e. The third-order valence-corrected chi connectivity index (χ3v) is 4.93. The fourth-order valence-corrected chi connectivity index (χ4v) is 3.27. The zero-order valence-corrected chi connectivity index (χ0v) is 13.3. The van der Waals surface area contributed by atoms with Crippen molar-refractivity contribution in [2.24, 2.45) is 5.73 Å². The van der Waals surface area contributed by atoms with E-state index >= 15 is 0 Å². The highest BCUT2D eigenvalue weighted by Gasteiger charge is 2.17. The van der Waals surface area contributed by atoms with E-state index in [2.05, 4.69) is 14.9 Å². The van der Waals surface area contributed by atoms with Crippen LogP contribution in [0, 0.1) is 13.8 Å². The van der Waals surface area contributed by atoms with E-state index in [1.54, 1.807) is 25.3 Å². The molecule has 1 aromatic carbocycles. The summed E-state index contributed by atoms with van der Waals surface area (Å²) in [5, 5.41) is 6.62. The molecule has 0 saturated carbocycles. The average Bonchev–Trinajstić information content (AvgIpc) is 2.81. The van der Waals surface area contributed by atoms with Gasteiger partial charge in [-0.3, -0.25) is 5.10 Å². The van der Waals surface area contributed by atoms with Gasteiger partial charge in [-0.25, -0.2) is 13.1 Å². The number of sulfonamides is 1. The zero-order chi connectivity index (χ0) is 15.6. The summed E-state index contributed by atoms with van der Waals surface area (Å²) >= 11 is 4.88. The van der Waals surface area contributed by atoms with Gasteiger partial charge in [-0.05, 0) is 31.5 Å². The van der Waals surface area contributed by atoms with Crippen molar-refractivity contribution in [3.63, 3.8) is 0 Å². The summed E-state index contributed by atoms with van der Waals surface area (Å²) in [4.78, 5) is 0.452. The number of thiocarbonyl (C=S) groups is 1. The molecule has 1 aromatic heterocycles. The molecule has 0 aliphatic carbocycles. The van der Waals surface area contributed by atoms with Crippen LogP contribution in [0.4, 0.5) is 0 Å². The fourth-order valence-electron chi connectivity index (χ4n) is 1.91. The molecule has 0 amide bonds. The molecule has 21 heavy (non-hydrogen) atoms. The molecular weight excluding hydrogens is 308 g/mol. The monoisotopic (exact) mass is 324 g/mol. The van der Waals surface area contributed by atoms with Crippen LogP contribution >= 0.6 is 12.2 Å². The lowest BCUT2D eigenvalue weighted by Gasteiger charge is -2.10. The summed E-state index contributed by atoms with van der Waals surface area (Å²) in [5.74, 6) is 0. The quantitative estimate of drug-likeness (QED) is 0.716. The van der Waals surface area contributed by atoms with E-state index in [0.717, 1.165) is 11.3 Å². The van der Waals surface area contributed by atoms with Crippen molar-refractivity contribution >= 4 is 27.2 Å². The molecule has 8 heteroatoms. The van der Waals surface area contributed by atoms with Crippen molar-refractivity contribution in [3.8, 4) is 0 Å². The van der Waals surface area contributed by atoms with Crippen molar-refractivity contribution in [2.45, 2.75) is 25.3 Å². The molecule has 0 fully saturated rings. The third-order valence-electron chi connectivity index (χ3n) is 3.14. The second-order valence-corrected chi connectivity index (χ2v) is 6.86. The minimum absolute atomic E-state index is 0.182. The molecule has 6 nitrogen and oxygen atoms in total. The summed E-state index contributed by atoms with van der Waals surface area (Å²) in [6.07, 6.45) is 1.60. The molecule has 0 spiro atoms. The van der Waals surface area contributed by atoms with Crippen LogP contribution in [0.25, 0.3) is 0 Å². The largest absolute Gasteiger partial charge is 0.389 e. The van der Waals surface area contributed by atoms with Crippen LogP contribution < -0.4 is 10.5 Å². The van der Waals surface area contributed by atoms with E-state index in [1.165, 1.54) is 6.07 Å². The Morgan fingerprint density at radius 3 is 2.67 bits per heavy atom. The highest BCUT2D eigenvalue weighted by molar-refractivity contribution is 7.89. The second-order valence-electron chi connectivity index (χ2n) is 4.69. The van der Waals surface area contributed by atoms with E-state index in [4.69, 9.17) is 18.0 Å². The van der Waals surface area contributed by atoms with Gasteiger partial charge in [0.05, 0.1) is 11.1 Å². The van der Waals surface area contributed by atoms with Crippen LogP contribution in [0.3, 0.4) is 0 Å². The number of aromatic amines is 1. The van der Waals surface area contributed by atoms with Gasteiger partial charge in [0.1, 0.15) is 4.99 Å². The molecule has 112 valence electrons. The fraction of sp³-hybridized carbons (Fsp3) is 0.231. The van der Waals surface area contributed by atoms with E-state index in [9.17, 15) is 8.42 Å². The first-order valence-corrected chi connectivity index (χ1v) is 8.09. The molecule has 0 unspecified atom stereocenters. The van der Waals surface area contributed by atoms with E-state index in [-0.39, 0.29) is 16.4 Å². The van der Waals surface area contributed by atoms with Crippen molar-refractivity contribution in [3.05, 3.63) is 46.8 Å². The lowest BCUT2D eigenvalue weighted by atomic mass is 10.1. The second kappa shape index (κ2) is 5.92. The van der Waals surface area contributed by atoms with Gasteiger partial charge in [0.15, 0.2) is 0 Å². The van der Waals surface area contributed by atoms with Crippen LogP contribution in [0.1, 0.15) is 22.4 Å². The number of aryl methyl sites for hydroxylation is 2. The van der Waals surface area contributed by atoms with Crippen LogP contribution in [0.5, 0.6) is 0 Å². The van der Waals surface area contributed by atoms with Gasteiger partial charge in [-0.15, -0.1) is 0 Å². The Morgan fingerprint density at radius 2 is 2.14 bits per heavy atom. The maximum absolute atomic E-state index is 12.3. The normalized spacial score (nSPS) is 11.5. The van der Waals surface area contributed by atoms with Gasteiger partial charge in [-0.1, -0.05) is 18.3 Å². The number of aromatic nitrogens is 2. The zero-order valence-electron chi connectivity index (χ0n) is 11.7. The molecule has 0 radical (unpaired) electrons. The molecule has 2 aromatic rings. The molecule has 1 heterocycles. The summed E-state index contributed by atoms with van der Waals surface area (Å²) in [5.41, 5.74) is 8.41. The Morgan fingerprint density at radius 1 is 1.43 bits per heavy atom. The van der Waals surface area contributed by atoms with Crippen LogP contribution in [-0.2, 0) is 16.6 Å². The molecular formula is C13H16N4O2S2. The van der Waals surface area contributed by atoms with E-state index < -0.39 is 10.0 Å². The SMILES string of the molecule is Cc1cc(C(N)=S)ccc1S(=O)(=O)NCc1cn[nH]c1C. The number of rotatable bonds is 5. The Kier molecular flexibility index (Phi) is 4.40. The van der Waals surface area contributed by atoms with Crippen molar-refractivity contribution < 1.29 is 8.42 Å². The molecule has 0 saturated heterocycles. The smallest absolute Gasteiger partial charge is 0.241 e. The number of nitrogens with two attached hydrogens (primary N) is 1. The maximum atomic E-state index is 12.3. The van der Waals surface area contributed by atoms with Gasteiger partial charge in [0, 0.05) is 23.4 Å². The van der Waals surface area contributed by atoms with Crippen LogP contribution in [0.15, 0.2) is 29.3 Å². The first-order valence-electron chi connectivity index (χ1n) is 6.20. The summed E-state index contributed by atoms with van der Waals surface area (Å²) < 4.78 is 27.2. The maximum Gasteiger partial charge on any atom is 0.241 e. The molecule has 0 atom stereocenters. The van der Waals surface area contributed by atoms with E-state index in [0.29, 0.717) is 11.1 Å². The number of nitrogens with zero attached hydrogens (tertiary/aromatic N) is 1. The topological polar surface area (TPSA) is 101 Å². The Balaban J connectivity index is 2.23. The van der Waals surface area contributed by atoms with Gasteiger partial charge in [0.2, 0.25) is 10.0 Å². The number of benzene rings is 1. The lowest BCUT2D eigenvalue weighted by Crippen LogP contribution is -2.24. The lowest BCUT2D eigenvalue weighted by molar-refractivity contribution is 0.580. The van der Waals surface area contributed by atoms with Gasteiger partial charge in [0.25, 0.3) is 0 Å². The van der Waals surface area contributed by atoms with Gasteiger partial charge >= 0.3 is 0 Å². The highest BCUT2D eigenvalue weighted by Crippen LogP contribution is 2.17. The summed E-state index contributed by atoms with van der Waals surface area (Å²) in [7, 11) is -3.60. The summed E-state index contributed by atoms with van der Waals surface area (Å²) in [6.45, 7) is 3.72. The number of nitrogens with one attached hydrogen (secondary N) is 2. The average molecular weight is 324 g/mol. The van der Waals surface area contributed by atoms with Crippen molar-refractivity contribution in [2.75, 3.05) is 0 Å². The first-order chi connectivity index (χ1) is 9.81. The Hall–Kier alpha value is -1.77. The summed E-state index contributed by atoms with van der Waals surface area (Å²) in [6, 6.07) is 4.78. The van der Waals surface area contributed by atoms with Crippen LogP contribution in [-0.4, -0.2) is 23.6 Å². The molecule has 0 aliphatic rings. The minimum atomic E-state index is -3.60. The van der Waals surface area contributed by atoms with Crippen LogP contribution in [0.2, 0.25) is 0 Å². The molecule has 4 N–H and O–H groups in total. The molecule has 0 aliphatic heterocycles. The predicted octanol–water partition coefficient (Wildman–Crippen LogP) is 1.14. The Labute approximate surface area is 128 Å². The third kappa shape index (κ3) is 3.46. The van der Waals surface area contributed by atoms with Crippen molar-refractivity contribution in [1.29, 1.82) is 0 Å². The highest BCUT2D eigenvalue weighted by atomic mass is 32.2. The number of hydrogen-bond donors (Lipinski definition) is 3. The number of hydrogen-bond acceptors (Lipinski definition) is 4. The standard InChI is InChI=1S/C13H16N4O2S2/c1-8-5-10(13(14)20)3-4-12(8)21(18,19)16-7-11-6-15-17-9(11)2/h3-6,16H,7H2,1-2H3,(H2,14,20)(H,15,17). The number of H-pyrrole nitrogens is 1. The van der Waals surface area contributed by atoms with Crippen molar-refractivity contribution in [1.82, 2.24) is 14.9 Å². The predicted molar refractivity (Wildman–Crippen MR) is 84.4 cm³/mol.